The van der Waals surface area contributed by atoms with Crippen molar-refractivity contribution in [3.63, 3.8) is 0 Å². The maximum Gasteiger partial charge on any atom is 0.225 e. The molecule has 1 aliphatic rings. The lowest BCUT2D eigenvalue weighted by Gasteiger charge is -2.36. The molecule has 10 heteroatoms. The predicted octanol–water partition coefficient (Wildman–Crippen LogP) is 2.79. The SMILES string of the molecule is Brc1cnc(N2CCNCC2CNc2cccnc2)nc1.Cl.Cl.Cl. The first-order chi connectivity index (χ1) is 10.3. The summed E-state index contributed by atoms with van der Waals surface area (Å²) in [6, 6.07) is 4.25. The number of nitrogens with one attached hydrogen (secondary N) is 2. The van der Waals surface area contributed by atoms with Crippen molar-refractivity contribution in [2.75, 3.05) is 36.4 Å². The molecule has 2 aromatic rings. The lowest BCUT2D eigenvalue weighted by atomic mass is 10.2. The Labute approximate surface area is 168 Å². The molecule has 0 bridgehead atoms. The Bertz CT molecular complexity index is 574. The van der Waals surface area contributed by atoms with Crippen molar-refractivity contribution in [1.82, 2.24) is 20.3 Å². The molecule has 24 heavy (non-hydrogen) atoms. The van der Waals surface area contributed by atoms with E-state index in [1.165, 1.54) is 0 Å². The van der Waals surface area contributed by atoms with Crippen LogP contribution in [0.3, 0.4) is 0 Å². The summed E-state index contributed by atoms with van der Waals surface area (Å²) in [4.78, 5) is 15.2. The molecular formula is C14H20BrCl3N6. The lowest BCUT2D eigenvalue weighted by molar-refractivity contribution is 0.481. The Morgan fingerprint density at radius 1 is 1.21 bits per heavy atom. The van der Waals surface area contributed by atoms with Gasteiger partial charge in [0.15, 0.2) is 0 Å². The fourth-order valence-electron chi connectivity index (χ4n) is 2.36. The molecule has 0 aliphatic carbocycles. The number of anilines is 2. The first-order valence-electron chi connectivity index (χ1n) is 6.92. The van der Waals surface area contributed by atoms with Crippen LogP contribution in [0.15, 0.2) is 41.4 Å². The van der Waals surface area contributed by atoms with Crippen LogP contribution in [-0.2, 0) is 0 Å². The van der Waals surface area contributed by atoms with Crippen LogP contribution in [0.25, 0.3) is 0 Å². The average Bonchev–Trinajstić information content (AvgIpc) is 2.55. The number of rotatable bonds is 4. The second kappa shape index (κ2) is 11.7. The minimum atomic E-state index is 0. The first kappa shape index (κ1) is 23.1. The summed E-state index contributed by atoms with van der Waals surface area (Å²) in [6.07, 6.45) is 7.18. The van der Waals surface area contributed by atoms with Gasteiger partial charge < -0.3 is 15.5 Å². The zero-order valence-corrected chi connectivity index (χ0v) is 16.8. The largest absolute Gasteiger partial charge is 0.382 e. The maximum atomic E-state index is 4.41. The number of piperazine rings is 1. The van der Waals surface area contributed by atoms with Gasteiger partial charge in [-0.1, -0.05) is 0 Å². The maximum absolute atomic E-state index is 4.41. The summed E-state index contributed by atoms with van der Waals surface area (Å²) in [5.41, 5.74) is 1.03. The monoisotopic (exact) mass is 456 g/mol. The molecule has 2 aromatic heterocycles. The van der Waals surface area contributed by atoms with E-state index in [1.54, 1.807) is 18.6 Å². The average molecular weight is 459 g/mol. The van der Waals surface area contributed by atoms with Gasteiger partial charge in [0.2, 0.25) is 5.95 Å². The molecule has 0 aromatic carbocycles. The van der Waals surface area contributed by atoms with Gasteiger partial charge in [-0.3, -0.25) is 4.98 Å². The Hall–Kier alpha value is -0.860. The number of halogens is 4. The zero-order chi connectivity index (χ0) is 14.5. The molecule has 0 spiro atoms. The fraction of sp³-hybridized carbons (Fsp3) is 0.357. The number of pyridine rings is 1. The van der Waals surface area contributed by atoms with Crippen molar-refractivity contribution in [3.05, 3.63) is 41.4 Å². The summed E-state index contributed by atoms with van der Waals surface area (Å²) in [6.45, 7) is 3.58. The van der Waals surface area contributed by atoms with Crippen LogP contribution in [0, 0.1) is 0 Å². The third-order valence-electron chi connectivity index (χ3n) is 3.42. The van der Waals surface area contributed by atoms with Crippen LogP contribution in [-0.4, -0.2) is 47.2 Å². The van der Waals surface area contributed by atoms with Crippen molar-refractivity contribution < 1.29 is 0 Å². The molecule has 0 amide bonds. The van der Waals surface area contributed by atoms with Crippen LogP contribution in [0.4, 0.5) is 11.6 Å². The van der Waals surface area contributed by atoms with Crippen molar-refractivity contribution in [1.29, 1.82) is 0 Å². The van der Waals surface area contributed by atoms with Gasteiger partial charge in [-0.25, -0.2) is 9.97 Å². The van der Waals surface area contributed by atoms with Crippen molar-refractivity contribution in [2.45, 2.75) is 6.04 Å². The summed E-state index contributed by atoms with van der Waals surface area (Å²) in [7, 11) is 0. The van der Waals surface area contributed by atoms with Crippen LogP contribution < -0.4 is 15.5 Å². The van der Waals surface area contributed by atoms with Crippen molar-refractivity contribution in [3.8, 4) is 0 Å². The van der Waals surface area contributed by atoms with Crippen molar-refractivity contribution in [2.24, 2.45) is 0 Å². The van der Waals surface area contributed by atoms with Crippen LogP contribution in [0.2, 0.25) is 0 Å². The third kappa shape index (κ3) is 6.22. The van der Waals surface area contributed by atoms with E-state index in [-0.39, 0.29) is 37.2 Å². The Morgan fingerprint density at radius 3 is 2.62 bits per heavy atom. The Morgan fingerprint density at radius 2 is 1.96 bits per heavy atom. The fourth-order valence-corrected chi connectivity index (χ4v) is 2.57. The van der Waals surface area contributed by atoms with Crippen LogP contribution >= 0.6 is 53.2 Å². The first-order valence-corrected chi connectivity index (χ1v) is 7.71. The van der Waals surface area contributed by atoms with E-state index in [0.717, 1.165) is 42.3 Å². The minimum Gasteiger partial charge on any atom is -0.382 e. The Balaban J connectivity index is 0.00000176. The molecule has 1 aliphatic heterocycles. The molecule has 3 rings (SSSR count). The lowest BCUT2D eigenvalue weighted by Crippen LogP contribution is -2.54. The number of aromatic nitrogens is 3. The molecule has 3 heterocycles. The highest BCUT2D eigenvalue weighted by Crippen LogP contribution is 2.15. The summed E-state index contributed by atoms with van der Waals surface area (Å²) in [5.74, 6) is 0.776. The van der Waals surface area contributed by atoms with Gasteiger partial charge in [-0.15, -0.1) is 37.2 Å². The molecular weight excluding hydrogens is 438 g/mol. The molecule has 6 nitrogen and oxygen atoms in total. The predicted molar refractivity (Wildman–Crippen MR) is 108 cm³/mol. The molecule has 134 valence electrons. The number of hydrogen-bond acceptors (Lipinski definition) is 6. The molecule has 1 unspecified atom stereocenters. The van der Waals surface area contributed by atoms with E-state index in [2.05, 4.69) is 46.4 Å². The topological polar surface area (TPSA) is 66.0 Å². The van der Waals surface area contributed by atoms with Gasteiger partial charge in [-0.05, 0) is 28.1 Å². The van der Waals surface area contributed by atoms with E-state index in [1.807, 2.05) is 18.3 Å². The van der Waals surface area contributed by atoms with Crippen molar-refractivity contribution >= 4 is 64.8 Å². The smallest absolute Gasteiger partial charge is 0.225 e. The van der Waals surface area contributed by atoms with Gasteiger partial charge in [0, 0.05) is 51.0 Å². The summed E-state index contributed by atoms with van der Waals surface area (Å²) >= 11 is 3.37. The standard InChI is InChI=1S/C14H17BrN6.3ClH/c15-11-6-19-14(20-7-11)21-5-4-17-9-13(21)10-18-12-2-1-3-16-8-12;;;/h1-3,6-8,13,17-18H,4-5,9-10H2;3*1H. The van der Waals surface area contributed by atoms with Gasteiger partial charge >= 0.3 is 0 Å². The van der Waals surface area contributed by atoms with E-state index in [9.17, 15) is 0 Å². The van der Waals surface area contributed by atoms with E-state index in [0.29, 0.717) is 6.04 Å². The second-order valence-corrected chi connectivity index (χ2v) is 5.79. The highest BCUT2D eigenvalue weighted by Gasteiger charge is 2.24. The van der Waals surface area contributed by atoms with Crippen LogP contribution in [0.1, 0.15) is 0 Å². The highest BCUT2D eigenvalue weighted by molar-refractivity contribution is 9.10. The number of hydrogen-bond donors (Lipinski definition) is 2. The Kier molecular flexibility index (Phi) is 11.2. The molecule has 2 N–H and O–H groups in total. The third-order valence-corrected chi connectivity index (χ3v) is 3.83. The minimum absolute atomic E-state index is 0. The highest BCUT2D eigenvalue weighted by atomic mass is 79.9. The molecule has 0 radical (unpaired) electrons. The van der Waals surface area contributed by atoms with E-state index < -0.39 is 0 Å². The molecule has 0 saturated carbocycles. The molecule has 1 saturated heterocycles. The normalized spacial score (nSPS) is 16.2. The zero-order valence-electron chi connectivity index (χ0n) is 12.8. The van der Waals surface area contributed by atoms with E-state index >= 15 is 0 Å². The van der Waals surface area contributed by atoms with Gasteiger partial charge in [-0.2, -0.15) is 0 Å². The second-order valence-electron chi connectivity index (χ2n) is 4.88. The van der Waals surface area contributed by atoms with Gasteiger partial charge in [0.25, 0.3) is 0 Å². The molecule has 1 atom stereocenters. The van der Waals surface area contributed by atoms with Crippen LogP contribution in [0.5, 0.6) is 0 Å². The summed E-state index contributed by atoms with van der Waals surface area (Å²) in [5, 5.41) is 6.84. The van der Waals surface area contributed by atoms with E-state index in [4.69, 9.17) is 0 Å². The molecule has 1 fully saturated rings. The van der Waals surface area contributed by atoms with Gasteiger partial charge in [0.05, 0.1) is 16.2 Å². The quantitative estimate of drug-likeness (QED) is 0.735. The van der Waals surface area contributed by atoms with Gasteiger partial charge in [0.1, 0.15) is 0 Å². The summed E-state index contributed by atoms with van der Waals surface area (Å²) < 4.78 is 0.895. The number of nitrogens with zero attached hydrogens (tertiary/aromatic N) is 4.